The van der Waals surface area contributed by atoms with E-state index in [0.29, 0.717) is 24.3 Å². The normalized spacial score (nSPS) is 19.3. The Bertz CT molecular complexity index is 608. The molecule has 2 aromatic rings. The summed E-state index contributed by atoms with van der Waals surface area (Å²) < 4.78 is 6.43. The highest BCUT2D eigenvalue weighted by Crippen LogP contribution is 2.21. The van der Waals surface area contributed by atoms with E-state index in [2.05, 4.69) is 43.3 Å². The van der Waals surface area contributed by atoms with Gasteiger partial charge in [-0.2, -0.15) is 4.98 Å². The van der Waals surface area contributed by atoms with E-state index in [4.69, 9.17) is 4.52 Å². The molecule has 0 radical (unpaired) electrons. The maximum Gasteiger partial charge on any atom is 0.241 e. The summed E-state index contributed by atoms with van der Waals surface area (Å²) in [7, 11) is 2.14. The van der Waals surface area contributed by atoms with Crippen LogP contribution in [0.15, 0.2) is 33.3 Å². The van der Waals surface area contributed by atoms with Crippen LogP contribution in [0, 0.1) is 0 Å². The minimum atomic E-state index is 0.580. The van der Waals surface area contributed by atoms with Crippen LogP contribution >= 0.6 is 15.9 Å². The first-order valence-corrected chi connectivity index (χ1v) is 8.51. The van der Waals surface area contributed by atoms with E-state index in [-0.39, 0.29) is 0 Å². The third-order valence-corrected chi connectivity index (χ3v) is 4.60. The molecule has 1 N–H and O–H groups in total. The minimum absolute atomic E-state index is 0.580. The second kappa shape index (κ2) is 7.35. The lowest BCUT2D eigenvalue weighted by molar-refractivity contribution is 0.190. The molecule has 1 aliphatic heterocycles. The van der Waals surface area contributed by atoms with E-state index < -0.39 is 0 Å². The van der Waals surface area contributed by atoms with Gasteiger partial charge in [-0.05, 0) is 51.5 Å². The first kappa shape index (κ1) is 15.6. The maximum atomic E-state index is 5.42. The molecular weight excluding hydrogens is 344 g/mol. The Kier molecular flexibility index (Phi) is 5.23. The lowest BCUT2D eigenvalue weighted by atomic mass is 10.1. The lowest BCUT2D eigenvalue weighted by Crippen LogP contribution is -2.32. The van der Waals surface area contributed by atoms with Crippen molar-refractivity contribution in [2.75, 3.05) is 20.1 Å². The van der Waals surface area contributed by atoms with Gasteiger partial charge in [0.25, 0.3) is 0 Å². The van der Waals surface area contributed by atoms with Crippen molar-refractivity contribution < 1.29 is 4.52 Å². The van der Waals surface area contributed by atoms with Crippen molar-refractivity contribution in [1.29, 1.82) is 0 Å². The monoisotopic (exact) mass is 364 g/mol. The molecule has 118 valence electrons. The van der Waals surface area contributed by atoms with Gasteiger partial charge in [0.1, 0.15) is 0 Å². The third kappa shape index (κ3) is 3.94. The summed E-state index contributed by atoms with van der Waals surface area (Å²) in [5.74, 6) is 1.32. The van der Waals surface area contributed by atoms with E-state index in [9.17, 15) is 0 Å². The van der Waals surface area contributed by atoms with Gasteiger partial charge < -0.3 is 9.84 Å². The molecule has 0 bridgehead atoms. The standard InChI is InChI=1S/C16H21BrN4O/c1-21(14-6-3-8-18-9-7-14)11-15-19-16(20-22-15)12-4-2-5-13(17)10-12/h2,4-5,10,14,18H,3,6-9,11H2,1H3. The van der Waals surface area contributed by atoms with E-state index in [0.717, 1.165) is 23.1 Å². The van der Waals surface area contributed by atoms with Gasteiger partial charge in [-0.25, -0.2) is 0 Å². The Balaban J connectivity index is 1.66. The topological polar surface area (TPSA) is 54.2 Å². The second-order valence-electron chi connectivity index (χ2n) is 5.77. The molecule has 2 heterocycles. The summed E-state index contributed by atoms with van der Waals surface area (Å²) in [4.78, 5) is 6.85. The predicted molar refractivity (Wildman–Crippen MR) is 89.4 cm³/mol. The molecule has 0 amide bonds. The highest BCUT2D eigenvalue weighted by Gasteiger charge is 2.19. The van der Waals surface area contributed by atoms with Gasteiger partial charge in [-0.3, -0.25) is 4.90 Å². The van der Waals surface area contributed by atoms with Crippen LogP contribution < -0.4 is 5.32 Å². The molecule has 22 heavy (non-hydrogen) atoms. The molecule has 0 aliphatic carbocycles. The molecule has 1 aromatic carbocycles. The number of benzene rings is 1. The van der Waals surface area contributed by atoms with Crippen molar-refractivity contribution in [3.63, 3.8) is 0 Å². The van der Waals surface area contributed by atoms with Crippen LogP contribution in [0.5, 0.6) is 0 Å². The fourth-order valence-electron chi connectivity index (χ4n) is 2.85. The van der Waals surface area contributed by atoms with Gasteiger partial charge in [0.2, 0.25) is 11.7 Å². The smallest absolute Gasteiger partial charge is 0.241 e. The molecule has 0 spiro atoms. The largest absolute Gasteiger partial charge is 0.338 e. The molecule has 3 rings (SSSR count). The van der Waals surface area contributed by atoms with E-state index >= 15 is 0 Å². The average molecular weight is 365 g/mol. The van der Waals surface area contributed by atoms with Gasteiger partial charge in [-0.15, -0.1) is 0 Å². The second-order valence-corrected chi connectivity index (χ2v) is 6.69. The number of hydrogen-bond acceptors (Lipinski definition) is 5. The Morgan fingerprint density at radius 1 is 1.36 bits per heavy atom. The Labute approximate surface area is 139 Å². The molecule has 1 saturated heterocycles. The first-order chi connectivity index (χ1) is 10.7. The highest BCUT2D eigenvalue weighted by molar-refractivity contribution is 9.10. The summed E-state index contributed by atoms with van der Waals surface area (Å²) in [6.45, 7) is 2.91. The molecule has 1 aromatic heterocycles. The van der Waals surface area contributed by atoms with Crippen LogP contribution in [-0.2, 0) is 6.54 Å². The first-order valence-electron chi connectivity index (χ1n) is 7.72. The van der Waals surface area contributed by atoms with E-state index in [1.807, 2.05) is 24.3 Å². The zero-order valence-electron chi connectivity index (χ0n) is 12.8. The van der Waals surface area contributed by atoms with Gasteiger partial charge in [0, 0.05) is 16.1 Å². The summed E-state index contributed by atoms with van der Waals surface area (Å²) >= 11 is 3.47. The molecule has 1 unspecified atom stereocenters. The molecule has 6 heteroatoms. The van der Waals surface area contributed by atoms with Crippen LogP contribution in [0.2, 0.25) is 0 Å². The Hall–Kier alpha value is -1.24. The zero-order chi connectivity index (χ0) is 15.4. The van der Waals surface area contributed by atoms with Gasteiger partial charge >= 0.3 is 0 Å². The Morgan fingerprint density at radius 2 is 2.27 bits per heavy atom. The van der Waals surface area contributed by atoms with Crippen molar-refractivity contribution in [3.05, 3.63) is 34.6 Å². The van der Waals surface area contributed by atoms with Crippen LogP contribution in [0.4, 0.5) is 0 Å². The SMILES string of the molecule is CN(Cc1nc(-c2cccc(Br)c2)no1)C1CCCNCC1. The molecular formula is C16H21BrN4O. The van der Waals surface area contributed by atoms with Crippen molar-refractivity contribution in [2.24, 2.45) is 0 Å². The molecule has 1 aliphatic rings. The number of nitrogens with zero attached hydrogens (tertiary/aromatic N) is 3. The van der Waals surface area contributed by atoms with Gasteiger partial charge in [0.15, 0.2) is 0 Å². The number of halogens is 1. The fraction of sp³-hybridized carbons (Fsp3) is 0.500. The quantitative estimate of drug-likeness (QED) is 0.903. The number of nitrogens with one attached hydrogen (secondary N) is 1. The third-order valence-electron chi connectivity index (χ3n) is 4.10. The van der Waals surface area contributed by atoms with Gasteiger partial charge in [0.05, 0.1) is 6.54 Å². The van der Waals surface area contributed by atoms with E-state index in [1.165, 1.54) is 19.3 Å². The van der Waals surface area contributed by atoms with Crippen molar-refractivity contribution in [1.82, 2.24) is 20.4 Å². The number of hydrogen-bond donors (Lipinski definition) is 1. The molecule has 0 saturated carbocycles. The zero-order valence-corrected chi connectivity index (χ0v) is 14.3. The van der Waals surface area contributed by atoms with Crippen molar-refractivity contribution in [2.45, 2.75) is 31.8 Å². The van der Waals surface area contributed by atoms with Crippen molar-refractivity contribution >= 4 is 15.9 Å². The lowest BCUT2D eigenvalue weighted by Gasteiger charge is -2.25. The highest BCUT2D eigenvalue weighted by atomic mass is 79.9. The summed E-state index contributed by atoms with van der Waals surface area (Å²) in [5.41, 5.74) is 0.964. The number of aromatic nitrogens is 2. The Morgan fingerprint density at radius 3 is 3.14 bits per heavy atom. The van der Waals surface area contributed by atoms with Crippen LogP contribution in [0.1, 0.15) is 25.2 Å². The minimum Gasteiger partial charge on any atom is -0.338 e. The van der Waals surface area contributed by atoms with Crippen LogP contribution in [0.3, 0.4) is 0 Å². The van der Waals surface area contributed by atoms with E-state index in [1.54, 1.807) is 0 Å². The van der Waals surface area contributed by atoms with Crippen LogP contribution in [0.25, 0.3) is 11.4 Å². The summed E-state index contributed by atoms with van der Waals surface area (Å²) in [6.07, 6.45) is 3.61. The summed E-state index contributed by atoms with van der Waals surface area (Å²) in [6, 6.07) is 8.52. The van der Waals surface area contributed by atoms with Gasteiger partial charge in [-0.1, -0.05) is 33.2 Å². The van der Waals surface area contributed by atoms with Crippen molar-refractivity contribution in [3.8, 4) is 11.4 Å². The summed E-state index contributed by atoms with van der Waals surface area (Å²) in [5, 5.41) is 7.54. The van der Waals surface area contributed by atoms with Crippen LogP contribution in [-0.4, -0.2) is 41.2 Å². The maximum absolute atomic E-state index is 5.42. The fourth-order valence-corrected chi connectivity index (χ4v) is 3.25. The molecule has 1 atom stereocenters. The molecule has 5 nitrogen and oxygen atoms in total. The number of rotatable bonds is 4. The average Bonchev–Trinajstić information content (AvgIpc) is 2.80. The predicted octanol–water partition coefficient (Wildman–Crippen LogP) is 3.07. The molecule has 1 fully saturated rings.